The van der Waals surface area contributed by atoms with Crippen LogP contribution in [-0.4, -0.2) is 29.4 Å². The van der Waals surface area contributed by atoms with Crippen molar-refractivity contribution in [3.8, 4) is 11.8 Å². The van der Waals surface area contributed by atoms with Gasteiger partial charge in [0.2, 0.25) is 0 Å². The van der Waals surface area contributed by atoms with E-state index in [1.165, 1.54) is 0 Å². The van der Waals surface area contributed by atoms with E-state index in [9.17, 15) is 4.79 Å². The maximum absolute atomic E-state index is 12.4. The molecule has 1 aromatic heterocycles. The monoisotopic (exact) mass is 365 g/mol. The molecule has 3 aromatic rings. The highest BCUT2D eigenvalue weighted by Gasteiger charge is 2.13. The number of carbonyl (C=O) groups excluding carboxylic acids is 1. The molecule has 6 heteroatoms. The summed E-state index contributed by atoms with van der Waals surface area (Å²) in [5.41, 5.74) is 2.08. The first kappa shape index (κ1) is 17.7. The minimum absolute atomic E-state index is 0.109. The molecule has 0 aliphatic carbocycles. The first-order chi connectivity index (χ1) is 12.6. The van der Waals surface area contributed by atoms with Crippen LogP contribution in [-0.2, 0) is 11.3 Å². The molecule has 0 unspecified atom stereocenters. The normalized spacial score (nSPS) is 10.3. The van der Waals surface area contributed by atoms with E-state index >= 15 is 0 Å². The Hall–Kier alpha value is -3.10. The number of hydrogen-bond acceptors (Lipinski definition) is 4. The zero-order chi connectivity index (χ0) is 18.5. The number of benzene rings is 2. The molecular weight excluding hydrogens is 350 g/mol. The molecule has 0 fully saturated rings. The minimum atomic E-state index is -0.175. The predicted octanol–water partition coefficient (Wildman–Crippen LogP) is 3.80. The van der Waals surface area contributed by atoms with Crippen LogP contribution in [0.2, 0.25) is 5.02 Å². The van der Waals surface area contributed by atoms with E-state index in [0.29, 0.717) is 28.4 Å². The van der Waals surface area contributed by atoms with E-state index in [1.54, 1.807) is 54.5 Å². The zero-order valence-corrected chi connectivity index (χ0v) is 14.9. The number of likely N-dealkylation sites (N-methyl/N-ethyl adjacent to an activating group) is 1. The van der Waals surface area contributed by atoms with Crippen LogP contribution < -0.4 is 4.74 Å². The van der Waals surface area contributed by atoms with Crippen LogP contribution in [0.4, 0.5) is 0 Å². The average Bonchev–Trinajstić information content (AvgIpc) is 2.67. The van der Waals surface area contributed by atoms with Crippen molar-refractivity contribution in [1.82, 2.24) is 9.88 Å². The van der Waals surface area contributed by atoms with E-state index in [1.807, 2.05) is 12.1 Å². The molecule has 2 aromatic carbocycles. The number of pyridine rings is 1. The van der Waals surface area contributed by atoms with Gasteiger partial charge in [-0.15, -0.1) is 0 Å². The second-order valence-corrected chi connectivity index (χ2v) is 6.20. The van der Waals surface area contributed by atoms with Crippen molar-refractivity contribution >= 4 is 28.4 Å². The Morgan fingerprint density at radius 2 is 2.12 bits per heavy atom. The van der Waals surface area contributed by atoms with Crippen molar-refractivity contribution in [2.24, 2.45) is 0 Å². The maximum atomic E-state index is 12.4. The Bertz CT molecular complexity index is 998. The summed E-state index contributed by atoms with van der Waals surface area (Å²) in [7, 11) is 1.70. The van der Waals surface area contributed by atoms with Crippen molar-refractivity contribution in [3.63, 3.8) is 0 Å². The van der Waals surface area contributed by atoms with Crippen LogP contribution in [0.3, 0.4) is 0 Å². The van der Waals surface area contributed by atoms with E-state index in [4.69, 9.17) is 21.6 Å². The molecule has 5 nitrogen and oxygen atoms in total. The highest BCUT2D eigenvalue weighted by molar-refractivity contribution is 6.35. The number of rotatable bonds is 5. The quantitative estimate of drug-likeness (QED) is 0.689. The second-order valence-electron chi connectivity index (χ2n) is 5.80. The van der Waals surface area contributed by atoms with Gasteiger partial charge >= 0.3 is 0 Å². The van der Waals surface area contributed by atoms with E-state index in [0.717, 1.165) is 10.9 Å². The van der Waals surface area contributed by atoms with Gasteiger partial charge in [0.15, 0.2) is 6.61 Å². The zero-order valence-electron chi connectivity index (χ0n) is 14.1. The van der Waals surface area contributed by atoms with Crippen LogP contribution >= 0.6 is 11.6 Å². The van der Waals surface area contributed by atoms with Crippen molar-refractivity contribution in [3.05, 3.63) is 70.9 Å². The number of carbonyl (C=O) groups is 1. The smallest absolute Gasteiger partial charge is 0.260 e. The van der Waals surface area contributed by atoms with E-state index in [-0.39, 0.29) is 12.5 Å². The van der Waals surface area contributed by atoms with Gasteiger partial charge in [-0.1, -0.05) is 23.7 Å². The summed E-state index contributed by atoms with van der Waals surface area (Å²) in [4.78, 5) is 18.2. The molecule has 130 valence electrons. The first-order valence-corrected chi connectivity index (χ1v) is 8.35. The second kappa shape index (κ2) is 7.85. The Labute approximate surface area is 156 Å². The van der Waals surface area contributed by atoms with Gasteiger partial charge in [-0.3, -0.25) is 9.78 Å². The lowest BCUT2D eigenvalue weighted by molar-refractivity contribution is -0.132. The molecule has 0 aliphatic rings. The highest BCUT2D eigenvalue weighted by atomic mass is 35.5. The average molecular weight is 366 g/mol. The predicted molar refractivity (Wildman–Crippen MR) is 99.9 cm³/mol. The molecule has 0 bridgehead atoms. The Morgan fingerprint density at radius 3 is 2.92 bits per heavy atom. The lowest BCUT2D eigenvalue weighted by Gasteiger charge is -2.18. The maximum Gasteiger partial charge on any atom is 0.260 e. The summed E-state index contributed by atoms with van der Waals surface area (Å²) < 4.78 is 5.68. The number of nitrogens with zero attached hydrogens (tertiary/aromatic N) is 3. The standard InChI is InChI=1S/C20H16ClN3O2/c1-24(12-15-5-2-4-14(10-15)11-22)19(25)13-26-18-8-7-17(21)16-6-3-9-23-20(16)18/h2-10H,12-13H2,1H3. The molecule has 0 saturated heterocycles. The molecule has 0 saturated carbocycles. The van der Waals surface area contributed by atoms with Crippen molar-refractivity contribution in [2.45, 2.75) is 6.54 Å². The largest absolute Gasteiger partial charge is 0.481 e. The number of aromatic nitrogens is 1. The number of fused-ring (bicyclic) bond motifs is 1. The summed E-state index contributed by atoms with van der Waals surface area (Å²) in [6, 6.07) is 16.4. The van der Waals surface area contributed by atoms with Crippen LogP contribution in [0.5, 0.6) is 5.75 Å². The van der Waals surface area contributed by atoms with Crippen LogP contribution in [0.1, 0.15) is 11.1 Å². The third-order valence-electron chi connectivity index (χ3n) is 3.93. The van der Waals surface area contributed by atoms with Crippen molar-refractivity contribution in [1.29, 1.82) is 5.26 Å². The summed E-state index contributed by atoms with van der Waals surface area (Å²) in [5.74, 6) is 0.338. The molecule has 0 aliphatic heterocycles. The fourth-order valence-electron chi connectivity index (χ4n) is 2.58. The number of nitriles is 1. The van der Waals surface area contributed by atoms with Crippen LogP contribution in [0.25, 0.3) is 10.9 Å². The number of halogens is 1. The third kappa shape index (κ3) is 3.93. The summed E-state index contributed by atoms with van der Waals surface area (Å²) in [6.45, 7) is 0.291. The molecule has 1 amide bonds. The molecular formula is C20H16ClN3O2. The Kier molecular flexibility index (Phi) is 5.35. The third-order valence-corrected chi connectivity index (χ3v) is 4.26. The molecule has 0 radical (unpaired) electrons. The summed E-state index contributed by atoms with van der Waals surface area (Å²) in [5, 5.41) is 10.3. The minimum Gasteiger partial charge on any atom is -0.481 e. The lowest BCUT2D eigenvalue weighted by atomic mass is 10.1. The molecule has 1 heterocycles. The van der Waals surface area contributed by atoms with Crippen LogP contribution in [0, 0.1) is 11.3 Å². The fraction of sp³-hybridized carbons (Fsp3) is 0.150. The Balaban J connectivity index is 1.67. The van der Waals surface area contributed by atoms with Crippen molar-refractivity contribution < 1.29 is 9.53 Å². The van der Waals surface area contributed by atoms with Gasteiger partial charge in [0.25, 0.3) is 5.91 Å². The summed E-state index contributed by atoms with van der Waals surface area (Å²) >= 11 is 6.16. The fourth-order valence-corrected chi connectivity index (χ4v) is 2.79. The molecule has 26 heavy (non-hydrogen) atoms. The van der Waals surface area contributed by atoms with Gasteiger partial charge in [0.1, 0.15) is 11.3 Å². The van der Waals surface area contributed by atoms with Gasteiger partial charge in [0, 0.05) is 25.2 Å². The van der Waals surface area contributed by atoms with Gasteiger partial charge in [-0.25, -0.2) is 0 Å². The molecule has 3 rings (SSSR count). The number of hydrogen-bond donors (Lipinski definition) is 0. The topological polar surface area (TPSA) is 66.2 Å². The van der Waals surface area contributed by atoms with Gasteiger partial charge in [-0.05, 0) is 42.0 Å². The van der Waals surface area contributed by atoms with Crippen LogP contribution in [0.15, 0.2) is 54.7 Å². The molecule has 0 spiro atoms. The lowest BCUT2D eigenvalue weighted by Crippen LogP contribution is -2.31. The first-order valence-electron chi connectivity index (χ1n) is 7.97. The highest BCUT2D eigenvalue weighted by Crippen LogP contribution is 2.29. The molecule has 0 N–H and O–H groups in total. The Morgan fingerprint density at radius 1 is 1.27 bits per heavy atom. The van der Waals surface area contributed by atoms with E-state index in [2.05, 4.69) is 11.1 Å². The van der Waals surface area contributed by atoms with Crippen molar-refractivity contribution in [2.75, 3.05) is 13.7 Å². The van der Waals surface area contributed by atoms with Gasteiger partial charge in [0.05, 0.1) is 16.7 Å². The number of amides is 1. The molecule has 0 atom stereocenters. The van der Waals surface area contributed by atoms with E-state index < -0.39 is 0 Å². The number of ether oxygens (including phenoxy) is 1. The van der Waals surface area contributed by atoms with Gasteiger partial charge < -0.3 is 9.64 Å². The summed E-state index contributed by atoms with van der Waals surface area (Å²) in [6.07, 6.45) is 1.65. The van der Waals surface area contributed by atoms with Gasteiger partial charge in [-0.2, -0.15) is 5.26 Å². The SMILES string of the molecule is CN(Cc1cccc(C#N)c1)C(=O)COc1ccc(Cl)c2cccnc12.